The molecule has 5 rings (SSSR count). The number of H-pyrrole nitrogens is 1. The van der Waals surface area contributed by atoms with Crippen molar-refractivity contribution in [2.75, 3.05) is 30.0 Å². The Morgan fingerprint density at radius 3 is 3.16 bits per heavy atom. The van der Waals surface area contributed by atoms with Crippen molar-refractivity contribution in [3.8, 4) is 11.4 Å². The number of benzene rings is 1. The summed E-state index contributed by atoms with van der Waals surface area (Å²) in [6.07, 6.45) is 3.60. The average molecular weight is 335 g/mol. The Kier molecular flexibility index (Phi) is 2.90. The predicted octanol–water partition coefficient (Wildman–Crippen LogP) is 2.17. The van der Waals surface area contributed by atoms with Gasteiger partial charge in [-0.2, -0.15) is 0 Å². The van der Waals surface area contributed by atoms with Gasteiger partial charge in [0.05, 0.1) is 19.4 Å². The van der Waals surface area contributed by atoms with Crippen molar-refractivity contribution >= 4 is 28.3 Å². The summed E-state index contributed by atoms with van der Waals surface area (Å²) in [6, 6.07) is 8.04. The van der Waals surface area contributed by atoms with E-state index in [1.54, 1.807) is 6.20 Å². The van der Waals surface area contributed by atoms with Gasteiger partial charge < -0.3 is 19.9 Å². The number of morpholine rings is 1. The summed E-state index contributed by atoms with van der Waals surface area (Å²) >= 11 is 0. The maximum Gasteiger partial charge on any atom is 0.252 e. The van der Waals surface area contributed by atoms with Crippen LogP contribution in [0.5, 0.6) is 0 Å². The molecular weight excluding hydrogens is 318 g/mol. The highest BCUT2D eigenvalue weighted by molar-refractivity contribution is 6.06. The molecule has 7 nitrogen and oxygen atoms in total. The molecule has 0 bridgehead atoms. The van der Waals surface area contributed by atoms with E-state index >= 15 is 0 Å². The molecule has 2 aliphatic rings. The van der Waals surface area contributed by atoms with Crippen LogP contribution in [0.15, 0.2) is 36.7 Å². The second-order valence-electron chi connectivity index (χ2n) is 6.61. The number of nitrogens with one attached hydrogen (secondary N) is 2. The molecule has 2 aliphatic heterocycles. The summed E-state index contributed by atoms with van der Waals surface area (Å²) in [7, 11) is 0. The Bertz CT molecular complexity index is 998. The minimum atomic E-state index is -0.739. The van der Waals surface area contributed by atoms with Crippen LogP contribution in [0.25, 0.3) is 22.3 Å². The number of carbonyl (C=O) groups excluding carboxylic acids is 1. The second-order valence-corrected chi connectivity index (χ2v) is 6.61. The van der Waals surface area contributed by atoms with Crippen LogP contribution < -0.4 is 10.2 Å². The molecule has 0 aliphatic carbocycles. The van der Waals surface area contributed by atoms with Crippen LogP contribution in [-0.2, 0) is 9.53 Å². The van der Waals surface area contributed by atoms with Crippen molar-refractivity contribution in [2.24, 2.45) is 0 Å². The number of hydrogen-bond donors (Lipinski definition) is 2. The Morgan fingerprint density at radius 1 is 1.32 bits per heavy atom. The number of ether oxygens (including phenoxy) is 1. The van der Waals surface area contributed by atoms with Gasteiger partial charge in [0.1, 0.15) is 11.2 Å². The molecule has 2 N–H and O–H groups in total. The Morgan fingerprint density at radius 2 is 2.24 bits per heavy atom. The van der Waals surface area contributed by atoms with E-state index in [0.29, 0.717) is 31.3 Å². The lowest BCUT2D eigenvalue weighted by atomic mass is 9.95. The first-order valence-electron chi connectivity index (χ1n) is 8.27. The van der Waals surface area contributed by atoms with Gasteiger partial charge in [0.25, 0.3) is 5.91 Å². The number of nitrogens with zero attached hydrogens (tertiary/aromatic N) is 3. The second kappa shape index (κ2) is 5.03. The zero-order chi connectivity index (χ0) is 17.0. The van der Waals surface area contributed by atoms with Crippen molar-refractivity contribution < 1.29 is 9.53 Å². The molecule has 1 atom stereocenters. The van der Waals surface area contributed by atoms with Gasteiger partial charge in [-0.05, 0) is 19.1 Å². The molecule has 0 radical (unpaired) electrons. The molecule has 2 aromatic heterocycles. The molecule has 25 heavy (non-hydrogen) atoms. The highest BCUT2D eigenvalue weighted by Crippen LogP contribution is 2.38. The van der Waals surface area contributed by atoms with E-state index in [9.17, 15) is 4.79 Å². The lowest BCUT2D eigenvalue weighted by Gasteiger charge is -2.47. The highest BCUT2D eigenvalue weighted by atomic mass is 16.5. The van der Waals surface area contributed by atoms with Gasteiger partial charge >= 0.3 is 0 Å². The van der Waals surface area contributed by atoms with Gasteiger partial charge in [-0.15, -0.1) is 0 Å². The normalized spacial score (nSPS) is 22.4. The zero-order valence-corrected chi connectivity index (χ0v) is 13.7. The SMILES string of the molecule is C[C@@]12COCCN1c1nc(-c3cccc4[nH]ccc34)ncc1NC2=O. The number of rotatable bonds is 1. The quantitative estimate of drug-likeness (QED) is 0.712. The number of anilines is 2. The van der Waals surface area contributed by atoms with Gasteiger partial charge in [0, 0.05) is 29.2 Å². The van der Waals surface area contributed by atoms with Crippen LogP contribution in [-0.4, -0.2) is 46.2 Å². The Labute approximate surface area is 144 Å². The van der Waals surface area contributed by atoms with Crippen molar-refractivity contribution in [3.05, 3.63) is 36.7 Å². The third kappa shape index (κ3) is 1.99. The molecule has 0 unspecified atom stereocenters. The van der Waals surface area contributed by atoms with E-state index in [0.717, 1.165) is 22.3 Å². The number of amides is 1. The first-order chi connectivity index (χ1) is 12.2. The molecule has 1 aromatic carbocycles. The highest BCUT2D eigenvalue weighted by Gasteiger charge is 2.47. The lowest BCUT2D eigenvalue weighted by molar-refractivity contribution is -0.124. The van der Waals surface area contributed by atoms with Crippen molar-refractivity contribution in [1.82, 2.24) is 15.0 Å². The van der Waals surface area contributed by atoms with E-state index < -0.39 is 5.54 Å². The van der Waals surface area contributed by atoms with E-state index in [2.05, 4.69) is 15.3 Å². The Hall–Kier alpha value is -2.93. The van der Waals surface area contributed by atoms with Crippen LogP contribution in [0.1, 0.15) is 6.92 Å². The van der Waals surface area contributed by atoms with Crippen LogP contribution in [0, 0.1) is 0 Å². The standard InChI is InChI=1S/C18H17N5O2/c1-18-10-25-8-7-23(18)16-14(21-17(18)24)9-20-15(22-16)12-3-2-4-13-11(12)5-6-19-13/h2-6,9,19H,7-8,10H2,1H3,(H,21,24)/t18-/m0/s1. The fourth-order valence-electron chi connectivity index (χ4n) is 3.61. The van der Waals surface area contributed by atoms with Gasteiger partial charge in [-0.3, -0.25) is 4.79 Å². The van der Waals surface area contributed by atoms with E-state index in [1.807, 2.05) is 42.3 Å². The summed E-state index contributed by atoms with van der Waals surface area (Å²) in [6.45, 7) is 3.45. The maximum atomic E-state index is 12.5. The summed E-state index contributed by atoms with van der Waals surface area (Å²) in [5, 5.41) is 3.99. The molecule has 1 fully saturated rings. The molecular formula is C18H17N5O2. The Balaban J connectivity index is 1.68. The number of aromatic amines is 1. The smallest absolute Gasteiger partial charge is 0.252 e. The molecule has 7 heteroatoms. The lowest BCUT2D eigenvalue weighted by Crippen LogP contribution is -2.64. The monoisotopic (exact) mass is 335 g/mol. The topological polar surface area (TPSA) is 83.1 Å². The van der Waals surface area contributed by atoms with Gasteiger partial charge in [0.2, 0.25) is 0 Å². The molecule has 1 amide bonds. The number of fused-ring (bicyclic) bond motifs is 4. The summed E-state index contributed by atoms with van der Waals surface area (Å²) in [4.78, 5) is 27.1. The molecule has 4 heterocycles. The van der Waals surface area contributed by atoms with Gasteiger partial charge in [-0.1, -0.05) is 12.1 Å². The molecule has 1 saturated heterocycles. The summed E-state index contributed by atoms with van der Waals surface area (Å²) in [5.41, 5.74) is 1.92. The third-order valence-electron chi connectivity index (χ3n) is 5.04. The first kappa shape index (κ1) is 14.4. The predicted molar refractivity (Wildman–Crippen MR) is 94.5 cm³/mol. The van der Waals surface area contributed by atoms with Crippen molar-refractivity contribution in [2.45, 2.75) is 12.5 Å². The minimum Gasteiger partial charge on any atom is -0.377 e. The third-order valence-corrected chi connectivity index (χ3v) is 5.04. The molecule has 3 aromatic rings. The summed E-state index contributed by atoms with van der Waals surface area (Å²) < 4.78 is 5.54. The van der Waals surface area contributed by atoms with Gasteiger partial charge in [0.15, 0.2) is 11.6 Å². The minimum absolute atomic E-state index is 0.0798. The van der Waals surface area contributed by atoms with Crippen LogP contribution in [0.3, 0.4) is 0 Å². The first-order valence-corrected chi connectivity index (χ1v) is 8.27. The van der Waals surface area contributed by atoms with Gasteiger partial charge in [-0.25, -0.2) is 9.97 Å². The van der Waals surface area contributed by atoms with Crippen LogP contribution in [0.2, 0.25) is 0 Å². The fourth-order valence-corrected chi connectivity index (χ4v) is 3.61. The summed E-state index contributed by atoms with van der Waals surface area (Å²) in [5.74, 6) is 1.32. The van der Waals surface area contributed by atoms with Crippen LogP contribution >= 0.6 is 0 Å². The fraction of sp³-hybridized carbons (Fsp3) is 0.278. The van der Waals surface area contributed by atoms with Crippen molar-refractivity contribution in [1.29, 1.82) is 0 Å². The van der Waals surface area contributed by atoms with E-state index in [-0.39, 0.29) is 5.91 Å². The van der Waals surface area contributed by atoms with E-state index in [4.69, 9.17) is 9.72 Å². The van der Waals surface area contributed by atoms with Crippen molar-refractivity contribution in [3.63, 3.8) is 0 Å². The number of aromatic nitrogens is 3. The largest absolute Gasteiger partial charge is 0.377 e. The number of hydrogen-bond acceptors (Lipinski definition) is 5. The molecule has 0 saturated carbocycles. The molecule has 0 spiro atoms. The zero-order valence-electron chi connectivity index (χ0n) is 13.7. The van der Waals surface area contributed by atoms with Crippen LogP contribution in [0.4, 0.5) is 11.5 Å². The molecule has 126 valence electrons. The number of carbonyl (C=O) groups is 1. The maximum absolute atomic E-state index is 12.5. The average Bonchev–Trinajstić information content (AvgIpc) is 3.11. The van der Waals surface area contributed by atoms with E-state index in [1.165, 1.54) is 0 Å².